The van der Waals surface area contributed by atoms with Gasteiger partial charge in [0.15, 0.2) is 0 Å². The molecule has 0 saturated heterocycles. The number of hydrogen-bond donors (Lipinski definition) is 2. The minimum atomic E-state index is -0.504. The van der Waals surface area contributed by atoms with Crippen LogP contribution in [0.3, 0.4) is 0 Å². The molecule has 0 radical (unpaired) electrons. The molecule has 0 aromatic heterocycles. The Bertz CT molecular complexity index is 599. The van der Waals surface area contributed by atoms with Gasteiger partial charge in [0.25, 0.3) is 0 Å². The van der Waals surface area contributed by atoms with Gasteiger partial charge in [-0.3, -0.25) is 0 Å². The Morgan fingerprint density at radius 2 is 1.84 bits per heavy atom. The van der Waals surface area contributed by atoms with E-state index in [1.165, 1.54) is 18.2 Å². The zero-order chi connectivity index (χ0) is 14.0. The van der Waals surface area contributed by atoms with Gasteiger partial charge in [0.05, 0.1) is 11.7 Å². The number of benzene rings is 2. The summed E-state index contributed by atoms with van der Waals surface area (Å²) in [4.78, 5) is 0. The molecule has 19 heavy (non-hydrogen) atoms. The van der Waals surface area contributed by atoms with Crippen LogP contribution in [-0.4, -0.2) is 5.11 Å². The Labute approximate surface area is 110 Å². The number of halogens is 2. The maximum Gasteiger partial charge on any atom is 0.146 e. The monoisotopic (exact) mass is 263 g/mol. The molecule has 100 valence electrons. The van der Waals surface area contributed by atoms with Crippen molar-refractivity contribution in [2.45, 2.75) is 19.9 Å². The Morgan fingerprint density at radius 1 is 1.11 bits per heavy atom. The first-order valence-electron chi connectivity index (χ1n) is 5.98. The molecular formula is C15H15F2NO. The third kappa shape index (κ3) is 3.02. The molecule has 2 rings (SSSR count). The van der Waals surface area contributed by atoms with Crippen LogP contribution in [0.2, 0.25) is 0 Å². The maximum absolute atomic E-state index is 13.6. The molecule has 2 nitrogen and oxygen atoms in total. The predicted molar refractivity (Wildman–Crippen MR) is 71.2 cm³/mol. The van der Waals surface area contributed by atoms with Crippen LogP contribution < -0.4 is 5.32 Å². The second-order valence-corrected chi connectivity index (χ2v) is 4.55. The molecule has 0 bridgehead atoms. The standard InChI is InChI=1S/C15H15F2NO/c1-9-3-6-13(17)14(7-9)18-10(2)12-5-4-11(16)8-15(12)19/h3-8,10,18-19H,1-2H3. The molecule has 0 spiro atoms. The van der Waals surface area contributed by atoms with E-state index < -0.39 is 5.82 Å². The van der Waals surface area contributed by atoms with Crippen molar-refractivity contribution in [1.82, 2.24) is 0 Å². The van der Waals surface area contributed by atoms with E-state index in [1.807, 2.05) is 6.92 Å². The van der Waals surface area contributed by atoms with E-state index in [4.69, 9.17) is 0 Å². The van der Waals surface area contributed by atoms with Gasteiger partial charge in [-0.05, 0) is 37.6 Å². The molecule has 1 unspecified atom stereocenters. The highest BCUT2D eigenvalue weighted by Crippen LogP contribution is 2.28. The number of phenols is 1. The number of phenolic OH excluding ortho intramolecular Hbond substituents is 1. The highest BCUT2D eigenvalue weighted by Gasteiger charge is 2.13. The van der Waals surface area contributed by atoms with Crippen LogP contribution in [0, 0.1) is 18.6 Å². The normalized spacial score (nSPS) is 12.2. The second kappa shape index (κ2) is 5.26. The lowest BCUT2D eigenvalue weighted by molar-refractivity contribution is 0.459. The first kappa shape index (κ1) is 13.3. The molecule has 0 saturated carbocycles. The Balaban J connectivity index is 2.25. The molecule has 0 fully saturated rings. The fourth-order valence-corrected chi connectivity index (χ4v) is 1.94. The lowest BCUT2D eigenvalue weighted by atomic mass is 10.1. The Hall–Kier alpha value is -2.10. The third-order valence-electron chi connectivity index (χ3n) is 2.95. The molecular weight excluding hydrogens is 248 g/mol. The molecule has 0 amide bonds. The molecule has 2 N–H and O–H groups in total. The number of nitrogens with one attached hydrogen (secondary N) is 1. The second-order valence-electron chi connectivity index (χ2n) is 4.55. The van der Waals surface area contributed by atoms with Crippen molar-refractivity contribution in [3.63, 3.8) is 0 Å². The predicted octanol–water partition coefficient (Wildman–Crippen LogP) is 4.15. The van der Waals surface area contributed by atoms with Crippen LogP contribution in [0.5, 0.6) is 5.75 Å². The SMILES string of the molecule is Cc1ccc(F)c(NC(C)c2ccc(F)cc2O)c1. The van der Waals surface area contributed by atoms with Gasteiger partial charge in [-0.1, -0.05) is 12.1 Å². The summed E-state index contributed by atoms with van der Waals surface area (Å²) in [5.41, 5.74) is 1.80. The summed E-state index contributed by atoms with van der Waals surface area (Å²) in [6.45, 7) is 3.64. The summed E-state index contributed by atoms with van der Waals surface area (Å²) >= 11 is 0. The van der Waals surface area contributed by atoms with Gasteiger partial charge in [0, 0.05) is 11.6 Å². The molecule has 0 aliphatic rings. The van der Waals surface area contributed by atoms with Crippen molar-refractivity contribution < 1.29 is 13.9 Å². The van der Waals surface area contributed by atoms with Gasteiger partial charge in [-0.25, -0.2) is 8.78 Å². The third-order valence-corrected chi connectivity index (χ3v) is 2.95. The van der Waals surface area contributed by atoms with Crippen LogP contribution in [-0.2, 0) is 0 Å². The summed E-state index contributed by atoms with van der Waals surface area (Å²) in [6.07, 6.45) is 0. The van der Waals surface area contributed by atoms with Crippen molar-refractivity contribution in [3.05, 3.63) is 59.2 Å². The van der Waals surface area contributed by atoms with E-state index in [-0.39, 0.29) is 17.6 Å². The summed E-state index contributed by atoms with van der Waals surface area (Å²) in [6, 6.07) is 8.20. The summed E-state index contributed by atoms with van der Waals surface area (Å²) in [7, 11) is 0. The highest BCUT2D eigenvalue weighted by atomic mass is 19.1. The molecule has 1 atom stereocenters. The average molecular weight is 263 g/mol. The first-order chi connectivity index (χ1) is 8.97. The largest absolute Gasteiger partial charge is 0.507 e. The van der Waals surface area contributed by atoms with Crippen molar-refractivity contribution >= 4 is 5.69 Å². The molecule has 2 aromatic rings. The smallest absolute Gasteiger partial charge is 0.146 e. The van der Waals surface area contributed by atoms with Crippen molar-refractivity contribution in [2.24, 2.45) is 0 Å². The molecule has 4 heteroatoms. The number of hydrogen-bond acceptors (Lipinski definition) is 2. The van der Waals surface area contributed by atoms with Gasteiger partial charge >= 0.3 is 0 Å². The highest BCUT2D eigenvalue weighted by molar-refractivity contribution is 5.50. The van der Waals surface area contributed by atoms with Crippen molar-refractivity contribution in [3.8, 4) is 5.75 Å². The van der Waals surface area contributed by atoms with Crippen LogP contribution in [0.1, 0.15) is 24.1 Å². The van der Waals surface area contributed by atoms with Gasteiger partial charge in [0.2, 0.25) is 0 Å². The van der Waals surface area contributed by atoms with Crippen LogP contribution in [0.25, 0.3) is 0 Å². The topological polar surface area (TPSA) is 32.3 Å². The minimum Gasteiger partial charge on any atom is -0.507 e. The van der Waals surface area contributed by atoms with E-state index in [9.17, 15) is 13.9 Å². The van der Waals surface area contributed by atoms with Crippen LogP contribution in [0.15, 0.2) is 36.4 Å². The van der Waals surface area contributed by atoms with Crippen LogP contribution in [0.4, 0.5) is 14.5 Å². The summed E-state index contributed by atoms with van der Waals surface area (Å²) in [5, 5.41) is 12.7. The Kier molecular flexibility index (Phi) is 3.69. The summed E-state index contributed by atoms with van der Waals surface area (Å²) in [5.74, 6) is -1.01. The lowest BCUT2D eigenvalue weighted by Gasteiger charge is -2.17. The van der Waals surface area contributed by atoms with E-state index in [0.717, 1.165) is 11.6 Å². The van der Waals surface area contributed by atoms with Gasteiger partial charge < -0.3 is 10.4 Å². The fourth-order valence-electron chi connectivity index (χ4n) is 1.94. The number of aromatic hydroxyl groups is 1. The lowest BCUT2D eigenvalue weighted by Crippen LogP contribution is -2.08. The van der Waals surface area contributed by atoms with Gasteiger partial charge in [-0.15, -0.1) is 0 Å². The average Bonchev–Trinajstić information content (AvgIpc) is 2.33. The minimum absolute atomic E-state index is 0.145. The molecule has 0 aliphatic carbocycles. The number of rotatable bonds is 3. The number of aryl methyl sites for hydroxylation is 1. The van der Waals surface area contributed by atoms with Crippen molar-refractivity contribution in [2.75, 3.05) is 5.32 Å². The molecule has 2 aromatic carbocycles. The van der Waals surface area contributed by atoms with Gasteiger partial charge in [0.1, 0.15) is 17.4 Å². The maximum atomic E-state index is 13.6. The Morgan fingerprint density at radius 3 is 2.53 bits per heavy atom. The van der Waals surface area contributed by atoms with E-state index in [1.54, 1.807) is 19.1 Å². The quantitative estimate of drug-likeness (QED) is 0.871. The van der Waals surface area contributed by atoms with Crippen molar-refractivity contribution in [1.29, 1.82) is 0 Å². The van der Waals surface area contributed by atoms with Crippen LogP contribution >= 0.6 is 0 Å². The number of anilines is 1. The molecule has 0 aliphatic heterocycles. The zero-order valence-corrected chi connectivity index (χ0v) is 10.7. The van der Waals surface area contributed by atoms with E-state index >= 15 is 0 Å². The van der Waals surface area contributed by atoms with E-state index in [2.05, 4.69) is 5.32 Å². The first-order valence-corrected chi connectivity index (χ1v) is 5.98. The molecule has 0 heterocycles. The fraction of sp³-hybridized carbons (Fsp3) is 0.200. The zero-order valence-electron chi connectivity index (χ0n) is 10.7. The summed E-state index contributed by atoms with van der Waals surface area (Å²) < 4.78 is 26.5. The van der Waals surface area contributed by atoms with E-state index in [0.29, 0.717) is 11.3 Å². The van der Waals surface area contributed by atoms with Gasteiger partial charge in [-0.2, -0.15) is 0 Å².